The number of benzene rings is 1. The van der Waals surface area contributed by atoms with E-state index in [1.54, 1.807) is 23.1 Å². The topological polar surface area (TPSA) is 71.8 Å². The van der Waals surface area contributed by atoms with Gasteiger partial charge in [0.1, 0.15) is 5.01 Å². The highest BCUT2D eigenvalue weighted by Gasteiger charge is 2.07. The van der Waals surface area contributed by atoms with Gasteiger partial charge in [0, 0.05) is 23.4 Å². The summed E-state index contributed by atoms with van der Waals surface area (Å²) in [6.45, 7) is 3.50. The fraction of sp³-hybridized carbons (Fsp3) is 0.353. The second-order valence-electron chi connectivity index (χ2n) is 5.61. The first-order valence-corrected chi connectivity index (χ1v) is 10.4. The molecule has 2 heterocycles. The number of nitrogens with zero attached hydrogens (tertiary/aromatic N) is 3. The molecule has 2 aromatic heterocycles. The van der Waals surface area contributed by atoms with E-state index in [2.05, 4.69) is 38.3 Å². The number of aromatic nitrogens is 3. The van der Waals surface area contributed by atoms with Crippen molar-refractivity contribution in [2.75, 3.05) is 11.6 Å². The van der Waals surface area contributed by atoms with E-state index in [0.29, 0.717) is 6.54 Å². The molecule has 0 saturated heterocycles. The zero-order valence-corrected chi connectivity index (χ0v) is 15.9. The molecular weight excluding hydrogens is 354 g/mol. The van der Waals surface area contributed by atoms with Crippen molar-refractivity contribution in [3.63, 3.8) is 0 Å². The van der Waals surface area contributed by atoms with Gasteiger partial charge in [-0.2, -0.15) is 11.8 Å². The van der Waals surface area contributed by atoms with E-state index in [4.69, 9.17) is 0 Å². The van der Waals surface area contributed by atoms with Crippen LogP contribution in [0.2, 0.25) is 0 Å². The standard InChI is InChI=1S/C17H21N5OS2/c1-3-6-22-11-19-14-7-12(4-5-15(14)22)21-17(23)18-8-13-9-25-16(20-13)10-24-2/h4-5,7,9,11H,3,6,8,10H2,1-2H3,(H2,18,21,23). The number of amides is 2. The lowest BCUT2D eigenvalue weighted by Crippen LogP contribution is -2.28. The first-order valence-electron chi connectivity index (χ1n) is 8.11. The third-order valence-electron chi connectivity index (χ3n) is 3.64. The van der Waals surface area contributed by atoms with Gasteiger partial charge < -0.3 is 15.2 Å². The lowest BCUT2D eigenvalue weighted by molar-refractivity contribution is 0.251. The molecule has 0 aliphatic heterocycles. The third-order valence-corrected chi connectivity index (χ3v) is 5.28. The highest BCUT2D eigenvalue weighted by Crippen LogP contribution is 2.19. The van der Waals surface area contributed by atoms with Crippen LogP contribution >= 0.6 is 23.1 Å². The predicted octanol–water partition coefficient (Wildman–Crippen LogP) is 4.09. The molecule has 0 saturated carbocycles. The molecule has 0 spiro atoms. The minimum Gasteiger partial charge on any atom is -0.332 e. The summed E-state index contributed by atoms with van der Waals surface area (Å²) in [6.07, 6.45) is 4.95. The zero-order valence-electron chi connectivity index (χ0n) is 14.3. The normalized spacial score (nSPS) is 11.0. The summed E-state index contributed by atoms with van der Waals surface area (Å²) in [5, 5.41) is 8.75. The van der Waals surface area contributed by atoms with Crippen LogP contribution in [0.3, 0.4) is 0 Å². The Morgan fingerprint density at radius 3 is 3.08 bits per heavy atom. The summed E-state index contributed by atoms with van der Waals surface area (Å²) in [6, 6.07) is 5.53. The van der Waals surface area contributed by atoms with Crippen molar-refractivity contribution in [1.82, 2.24) is 19.9 Å². The molecule has 25 heavy (non-hydrogen) atoms. The highest BCUT2D eigenvalue weighted by atomic mass is 32.2. The molecule has 0 aliphatic rings. The molecule has 0 bridgehead atoms. The molecule has 0 radical (unpaired) electrons. The second kappa shape index (κ2) is 8.35. The Balaban J connectivity index is 1.57. The minimum atomic E-state index is -0.244. The fourth-order valence-electron chi connectivity index (χ4n) is 2.53. The predicted molar refractivity (Wildman–Crippen MR) is 105 cm³/mol. The maximum absolute atomic E-state index is 12.1. The molecule has 0 atom stereocenters. The number of fused-ring (bicyclic) bond motifs is 1. The van der Waals surface area contributed by atoms with Gasteiger partial charge in [0.05, 0.1) is 29.6 Å². The van der Waals surface area contributed by atoms with E-state index in [0.717, 1.165) is 46.1 Å². The molecule has 3 rings (SSSR count). The van der Waals surface area contributed by atoms with Crippen LogP contribution in [0.25, 0.3) is 11.0 Å². The summed E-state index contributed by atoms with van der Waals surface area (Å²) in [4.78, 5) is 21.0. The summed E-state index contributed by atoms with van der Waals surface area (Å²) in [7, 11) is 0. The van der Waals surface area contributed by atoms with Crippen molar-refractivity contribution < 1.29 is 4.79 Å². The van der Waals surface area contributed by atoms with Crippen LogP contribution in [0.1, 0.15) is 24.0 Å². The van der Waals surface area contributed by atoms with Crippen LogP contribution in [0.4, 0.5) is 10.5 Å². The van der Waals surface area contributed by atoms with Crippen LogP contribution in [0.5, 0.6) is 0 Å². The number of rotatable bonds is 7. The number of aryl methyl sites for hydroxylation is 1. The smallest absolute Gasteiger partial charge is 0.319 e. The number of thioether (sulfide) groups is 1. The number of hydrogen-bond acceptors (Lipinski definition) is 5. The molecule has 8 heteroatoms. The van der Waals surface area contributed by atoms with Gasteiger partial charge in [-0.05, 0) is 30.9 Å². The number of carbonyl (C=O) groups excluding carboxylic acids is 1. The van der Waals surface area contributed by atoms with Crippen molar-refractivity contribution in [2.45, 2.75) is 32.2 Å². The third kappa shape index (κ3) is 4.52. The molecular formula is C17H21N5OS2. The van der Waals surface area contributed by atoms with Gasteiger partial charge in [0.2, 0.25) is 0 Å². The monoisotopic (exact) mass is 375 g/mol. The second-order valence-corrected chi connectivity index (χ2v) is 7.42. The van der Waals surface area contributed by atoms with E-state index in [9.17, 15) is 4.79 Å². The van der Waals surface area contributed by atoms with Crippen molar-refractivity contribution in [2.24, 2.45) is 0 Å². The minimum absolute atomic E-state index is 0.244. The Morgan fingerprint density at radius 2 is 2.28 bits per heavy atom. The Bertz CT molecular complexity index is 858. The number of imidazole rings is 1. The van der Waals surface area contributed by atoms with Gasteiger partial charge in [-0.15, -0.1) is 11.3 Å². The summed E-state index contributed by atoms with van der Waals surface area (Å²) in [5.74, 6) is 0.904. The molecule has 0 unspecified atom stereocenters. The SMILES string of the molecule is CCCn1cnc2cc(NC(=O)NCc3csc(CSC)n3)ccc21. The summed E-state index contributed by atoms with van der Waals surface area (Å²) in [5.41, 5.74) is 3.58. The van der Waals surface area contributed by atoms with Crippen LogP contribution in [0.15, 0.2) is 29.9 Å². The lowest BCUT2D eigenvalue weighted by atomic mass is 10.2. The number of urea groups is 1. The summed E-state index contributed by atoms with van der Waals surface area (Å²) < 4.78 is 2.12. The molecule has 3 aromatic rings. The van der Waals surface area contributed by atoms with E-state index in [1.807, 2.05) is 29.9 Å². The number of hydrogen-bond donors (Lipinski definition) is 2. The van der Waals surface area contributed by atoms with E-state index >= 15 is 0 Å². The summed E-state index contributed by atoms with van der Waals surface area (Å²) >= 11 is 3.36. The van der Waals surface area contributed by atoms with E-state index in [1.165, 1.54) is 0 Å². The Kier molecular flexibility index (Phi) is 5.93. The van der Waals surface area contributed by atoms with Gasteiger partial charge in [0.15, 0.2) is 0 Å². The molecule has 1 aromatic carbocycles. The number of anilines is 1. The average Bonchev–Trinajstić information content (AvgIpc) is 3.21. The Morgan fingerprint density at radius 1 is 1.40 bits per heavy atom. The number of nitrogens with one attached hydrogen (secondary N) is 2. The van der Waals surface area contributed by atoms with E-state index < -0.39 is 0 Å². The molecule has 6 nitrogen and oxygen atoms in total. The van der Waals surface area contributed by atoms with Crippen molar-refractivity contribution in [1.29, 1.82) is 0 Å². The lowest BCUT2D eigenvalue weighted by Gasteiger charge is -2.07. The van der Waals surface area contributed by atoms with Gasteiger partial charge in [-0.3, -0.25) is 0 Å². The van der Waals surface area contributed by atoms with Crippen molar-refractivity contribution in [3.05, 3.63) is 40.6 Å². The van der Waals surface area contributed by atoms with Crippen molar-refractivity contribution in [3.8, 4) is 0 Å². The van der Waals surface area contributed by atoms with Crippen LogP contribution in [0, 0.1) is 0 Å². The first-order chi connectivity index (χ1) is 12.2. The Labute approximate surface area is 155 Å². The largest absolute Gasteiger partial charge is 0.332 e. The van der Waals surface area contributed by atoms with E-state index in [-0.39, 0.29) is 6.03 Å². The number of thiazole rings is 1. The van der Waals surface area contributed by atoms with Crippen LogP contribution in [-0.4, -0.2) is 26.8 Å². The highest BCUT2D eigenvalue weighted by molar-refractivity contribution is 7.97. The fourth-order valence-corrected chi connectivity index (χ4v) is 4.04. The molecule has 132 valence electrons. The van der Waals surface area contributed by atoms with Gasteiger partial charge in [-0.25, -0.2) is 14.8 Å². The average molecular weight is 376 g/mol. The van der Waals surface area contributed by atoms with Crippen LogP contribution < -0.4 is 10.6 Å². The Hall–Kier alpha value is -2.06. The van der Waals surface area contributed by atoms with Gasteiger partial charge in [-0.1, -0.05) is 6.92 Å². The van der Waals surface area contributed by atoms with Crippen LogP contribution in [-0.2, 0) is 18.8 Å². The van der Waals surface area contributed by atoms with Crippen molar-refractivity contribution >= 4 is 45.9 Å². The van der Waals surface area contributed by atoms with Gasteiger partial charge in [0.25, 0.3) is 0 Å². The number of carbonyl (C=O) groups is 1. The maximum Gasteiger partial charge on any atom is 0.319 e. The quantitative estimate of drug-likeness (QED) is 0.652. The molecule has 2 amide bonds. The molecule has 0 fully saturated rings. The first kappa shape index (κ1) is 17.8. The zero-order chi connectivity index (χ0) is 17.6. The molecule has 0 aliphatic carbocycles. The van der Waals surface area contributed by atoms with Gasteiger partial charge >= 0.3 is 6.03 Å². The molecule has 2 N–H and O–H groups in total. The maximum atomic E-state index is 12.1.